The van der Waals surface area contributed by atoms with Crippen molar-refractivity contribution >= 4 is 0 Å². The molecule has 2 aromatic heterocycles. The normalized spacial score (nSPS) is 24.2. The zero-order valence-electron chi connectivity index (χ0n) is 15.5. The summed E-state index contributed by atoms with van der Waals surface area (Å²) in [4.78, 5) is 0. The van der Waals surface area contributed by atoms with Gasteiger partial charge in [0.2, 0.25) is 5.88 Å². The number of rotatable bonds is 3. The van der Waals surface area contributed by atoms with E-state index in [4.69, 9.17) is 4.74 Å². The molecule has 0 radical (unpaired) electrons. The zero-order valence-corrected chi connectivity index (χ0v) is 15.5. The topological polar surface area (TPSA) is 60.8 Å². The summed E-state index contributed by atoms with van der Waals surface area (Å²) in [5, 5.41) is 16.5. The van der Waals surface area contributed by atoms with Gasteiger partial charge in [-0.1, -0.05) is 19.9 Å². The van der Waals surface area contributed by atoms with Crippen LogP contribution in [-0.4, -0.2) is 20.4 Å². The first-order chi connectivity index (χ1) is 13.4. The van der Waals surface area contributed by atoms with E-state index in [1.54, 1.807) is 24.4 Å². The van der Waals surface area contributed by atoms with E-state index >= 15 is 0 Å². The zero-order chi connectivity index (χ0) is 19.5. The second-order valence-corrected chi connectivity index (χ2v) is 7.93. The Kier molecular flexibility index (Phi) is 3.53. The van der Waals surface area contributed by atoms with Gasteiger partial charge >= 0.3 is 0 Å². The van der Waals surface area contributed by atoms with E-state index in [9.17, 15) is 8.78 Å². The van der Waals surface area contributed by atoms with Crippen LogP contribution in [-0.2, 0) is 5.60 Å². The average molecular weight is 380 g/mol. The molecule has 2 aliphatic carbocycles. The third-order valence-corrected chi connectivity index (χ3v) is 6.32. The molecule has 1 aromatic carbocycles. The quantitative estimate of drug-likeness (QED) is 0.674. The smallest absolute Gasteiger partial charge is 0.234 e. The summed E-state index contributed by atoms with van der Waals surface area (Å²) in [7, 11) is 0. The third kappa shape index (κ3) is 2.16. The van der Waals surface area contributed by atoms with Crippen LogP contribution >= 0.6 is 0 Å². The standard InChI is InChI=1S/C21H18F2N4O/c1-20(2)13-8-9-21(20,28-17-7-4-10-24-26-17)19-12(13)11-16(25-27-19)18-14(22)5-3-6-15(18)23/h3-7,10-11,13H,8-9H2,1-2H3/t13-,21-/m0/s1. The fourth-order valence-electron chi connectivity index (χ4n) is 4.88. The van der Waals surface area contributed by atoms with Gasteiger partial charge in [-0.05, 0) is 48.6 Å². The molecule has 2 atom stereocenters. The Morgan fingerprint density at radius 1 is 1.04 bits per heavy atom. The Balaban J connectivity index is 1.65. The first kappa shape index (κ1) is 17.2. The highest BCUT2D eigenvalue weighted by molar-refractivity contribution is 5.63. The van der Waals surface area contributed by atoms with Crippen LogP contribution in [0, 0.1) is 17.0 Å². The Labute approximate surface area is 160 Å². The maximum absolute atomic E-state index is 14.2. The minimum atomic E-state index is -0.692. The van der Waals surface area contributed by atoms with Crippen molar-refractivity contribution in [3.05, 3.63) is 65.5 Å². The monoisotopic (exact) mass is 380 g/mol. The summed E-state index contributed by atoms with van der Waals surface area (Å²) >= 11 is 0. The molecule has 1 fully saturated rings. The molecule has 2 aliphatic rings. The van der Waals surface area contributed by atoms with E-state index in [0.29, 0.717) is 5.88 Å². The third-order valence-electron chi connectivity index (χ3n) is 6.32. The SMILES string of the molecule is CC1(C)[C@H]2CC[C@]1(Oc1cccnn1)c1nnc(-c3c(F)cccc3F)cc12. The van der Waals surface area contributed by atoms with Crippen LogP contribution in [0.3, 0.4) is 0 Å². The predicted octanol–water partition coefficient (Wildman–Crippen LogP) is 4.40. The fraction of sp³-hybridized carbons (Fsp3) is 0.333. The van der Waals surface area contributed by atoms with Crippen LogP contribution in [0.2, 0.25) is 0 Å². The molecule has 0 saturated heterocycles. The number of hydrogen-bond acceptors (Lipinski definition) is 5. The van der Waals surface area contributed by atoms with Gasteiger partial charge in [0.1, 0.15) is 17.3 Å². The van der Waals surface area contributed by atoms with Gasteiger partial charge in [0.25, 0.3) is 0 Å². The minimum absolute atomic E-state index is 0.151. The molecule has 5 rings (SSSR count). The summed E-state index contributed by atoms with van der Waals surface area (Å²) in [5.74, 6) is -0.720. The van der Waals surface area contributed by atoms with Crippen molar-refractivity contribution in [2.24, 2.45) is 5.41 Å². The molecule has 2 bridgehead atoms. The number of hydrogen-bond donors (Lipinski definition) is 0. The fourth-order valence-corrected chi connectivity index (χ4v) is 4.88. The molecule has 2 heterocycles. The average Bonchev–Trinajstić information content (AvgIpc) is 3.02. The Bertz CT molecular complexity index is 1050. The Morgan fingerprint density at radius 3 is 2.54 bits per heavy atom. The lowest BCUT2D eigenvalue weighted by atomic mass is 9.77. The first-order valence-corrected chi connectivity index (χ1v) is 9.23. The van der Waals surface area contributed by atoms with Gasteiger partial charge in [-0.2, -0.15) is 10.2 Å². The van der Waals surface area contributed by atoms with E-state index in [2.05, 4.69) is 34.2 Å². The number of benzene rings is 1. The number of nitrogens with zero attached hydrogens (tertiary/aromatic N) is 4. The minimum Gasteiger partial charge on any atom is -0.463 e. The van der Waals surface area contributed by atoms with Crippen molar-refractivity contribution < 1.29 is 13.5 Å². The first-order valence-electron chi connectivity index (χ1n) is 9.23. The number of aromatic nitrogens is 4. The van der Waals surface area contributed by atoms with Gasteiger partial charge in [0.15, 0.2) is 5.60 Å². The van der Waals surface area contributed by atoms with Gasteiger partial charge in [0.05, 0.1) is 11.3 Å². The summed E-state index contributed by atoms with van der Waals surface area (Å²) in [6.07, 6.45) is 3.26. The van der Waals surface area contributed by atoms with E-state index < -0.39 is 17.2 Å². The lowest BCUT2D eigenvalue weighted by molar-refractivity contribution is -0.0234. The molecule has 7 heteroatoms. The van der Waals surface area contributed by atoms with Crippen LogP contribution in [0.5, 0.6) is 5.88 Å². The van der Waals surface area contributed by atoms with Crippen molar-refractivity contribution in [1.82, 2.24) is 20.4 Å². The van der Waals surface area contributed by atoms with E-state index in [1.807, 2.05) is 0 Å². The van der Waals surface area contributed by atoms with Gasteiger partial charge in [-0.3, -0.25) is 0 Å². The summed E-state index contributed by atoms with van der Waals surface area (Å²) in [6, 6.07) is 9.08. The van der Waals surface area contributed by atoms with Crippen LogP contribution < -0.4 is 4.74 Å². The van der Waals surface area contributed by atoms with E-state index in [0.717, 1.165) is 24.1 Å². The molecule has 0 aliphatic heterocycles. The molecular weight excluding hydrogens is 362 g/mol. The molecule has 0 N–H and O–H groups in total. The van der Waals surface area contributed by atoms with E-state index in [1.165, 1.54) is 18.2 Å². The van der Waals surface area contributed by atoms with Crippen LogP contribution in [0.1, 0.15) is 43.9 Å². The van der Waals surface area contributed by atoms with Crippen LogP contribution in [0.4, 0.5) is 8.78 Å². The maximum Gasteiger partial charge on any atom is 0.234 e. The maximum atomic E-state index is 14.2. The molecule has 1 saturated carbocycles. The number of ether oxygens (including phenoxy) is 1. The molecule has 0 amide bonds. The molecule has 0 unspecified atom stereocenters. The molecule has 28 heavy (non-hydrogen) atoms. The lowest BCUT2D eigenvalue weighted by Gasteiger charge is -2.37. The van der Waals surface area contributed by atoms with Crippen molar-refractivity contribution in [3.63, 3.8) is 0 Å². The largest absolute Gasteiger partial charge is 0.463 e. The highest BCUT2D eigenvalue weighted by Gasteiger charge is 2.66. The predicted molar refractivity (Wildman–Crippen MR) is 97.5 cm³/mol. The Morgan fingerprint density at radius 2 is 1.82 bits per heavy atom. The second-order valence-electron chi connectivity index (χ2n) is 7.93. The second kappa shape index (κ2) is 5.77. The highest BCUT2D eigenvalue weighted by Crippen LogP contribution is 2.67. The summed E-state index contributed by atoms with van der Waals surface area (Å²) in [5.41, 5.74) is 0.748. The van der Waals surface area contributed by atoms with Crippen molar-refractivity contribution in [3.8, 4) is 17.1 Å². The number of halogens is 2. The number of fused-ring (bicyclic) bond motifs is 5. The van der Waals surface area contributed by atoms with Crippen molar-refractivity contribution in [1.29, 1.82) is 0 Å². The lowest BCUT2D eigenvalue weighted by Crippen LogP contribution is -2.41. The van der Waals surface area contributed by atoms with Crippen LogP contribution in [0.25, 0.3) is 11.3 Å². The molecular formula is C21H18F2N4O. The molecule has 0 spiro atoms. The van der Waals surface area contributed by atoms with E-state index in [-0.39, 0.29) is 22.6 Å². The van der Waals surface area contributed by atoms with Crippen molar-refractivity contribution in [2.45, 2.75) is 38.2 Å². The van der Waals surface area contributed by atoms with Gasteiger partial charge in [-0.25, -0.2) is 8.78 Å². The van der Waals surface area contributed by atoms with Gasteiger partial charge in [0, 0.05) is 17.7 Å². The molecule has 5 nitrogen and oxygen atoms in total. The van der Waals surface area contributed by atoms with Gasteiger partial charge < -0.3 is 4.74 Å². The molecule has 142 valence electrons. The highest BCUT2D eigenvalue weighted by atomic mass is 19.1. The van der Waals surface area contributed by atoms with Crippen molar-refractivity contribution in [2.75, 3.05) is 0 Å². The van der Waals surface area contributed by atoms with Crippen LogP contribution in [0.15, 0.2) is 42.6 Å². The summed E-state index contributed by atoms with van der Waals surface area (Å²) in [6.45, 7) is 4.26. The summed E-state index contributed by atoms with van der Waals surface area (Å²) < 4.78 is 34.9. The Hall–Kier alpha value is -2.96. The van der Waals surface area contributed by atoms with Gasteiger partial charge in [-0.15, -0.1) is 10.2 Å². The molecule has 3 aromatic rings.